The Labute approximate surface area is 98.6 Å². The maximum Gasteiger partial charge on any atom is 0.346 e. The highest BCUT2D eigenvalue weighted by atomic mass is 16.6. The van der Waals surface area contributed by atoms with Gasteiger partial charge in [0.05, 0.1) is 11.1 Å². The van der Waals surface area contributed by atoms with E-state index in [1.165, 1.54) is 0 Å². The van der Waals surface area contributed by atoms with Gasteiger partial charge in [-0.15, -0.1) is 0 Å². The molecule has 0 amide bonds. The van der Waals surface area contributed by atoms with Crippen LogP contribution in [0.1, 0.15) is 20.7 Å². The van der Waals surface area contributed by atoms with Crippen LogP contribution in [0.2, 0.25) is 6.82 Å². The molecule has 3 nitrogen and oxygen atoms in total. The second-order valence-corrected chi connectivity index (χ2v) is 4.07. The van der Waals surface area contributed by atoms with Crippen LogP contribution in [0.4, 0.5) is 0 Å². The molecular weight excluding hydrogens is 215 g/mol. The predicted octanol–water partition coefficient (Wildman–Crippen LogP) is 1.26. The Bertz CT molecular complexity index is 661. The van der Waals surface area contributed by atoms with Gasteiger partial charge in [-0.3, -0.25) is 0 Å². The van der Waals surface area contributed by atoms with E-state index in [9.17, 15) is 9.59 Å². The number of rotatable bonds is 1. The molecular formula is C13H9BO3. The summed E-state index contributed by atoms with van der Waals surface area (Å²) in [5, 5.41) is 1.98. The van der Waals surface area contributed by atoms with E-state index in [2.05, 4.69) is 11.6 Å². The summed E-state index contributed by atoms with van der Waals surface area (Å²) >= 11 is 0. The zero-order valence-corrected chi connectivity index (χ0v) is 9.32. The number of carbonyl (C=O) groups is 2. The lowest BCUT2D eigenvalue weighted by molar-refractivity contribution is 0.0444. The number of ether oxygens (including phenoxy) is 1. The van der Waals surface area contributed by atoms with Gasteiger partial charge in [0.15, 0.2) is 7.28 Å². The van der Waals surface area contributed by atoms with Crippen LogP contribution >= 0.6 is 0 Å². The van der Waals surface area contributed by atoms with Crippen molar-refractivity contribution in [1.29, 1.82) is 0 Å². The zero-order chi connectivity index (χ0) is 12.0. The van der Waals surface area contributed by atoms with Crippen molar-refractivity contribution in [3.05, 3.63) is 41.5 Å². The summed E-state index contributed by atoms with van der Waals surface area (Å²) in [5.41, 5.74) is 1.91. The van der Waals surface area contributed by atoms with Gasteiger partial charge < -0.3 is 4.74 Å². The van der Waals surface area contributed by atoms with Gasteiger partial charge in [0, 0.05) is 0 Å². The molecule has 0 saturated carbocycles. The van der Waals surface area contributed by atoms with Gasteiger partial charge in [-0.05, 0) is 22.9 Å². The largest absolute Gasteiger partial charge is 0.386 e. The summed E-state index contributed by atoms with van der Waals surface area (Å²) in [7, 11) is 0.888. The molecule has 0 fully saturated rings. The minimum atomic E-state index is -0.547. The summed E-state index contributed by atoms with van der Waals surface area (Å²) < 4.78 is 4.60. The van der Waals surface area contributed by atoms with Crippen molar-refractivity contribution < 1.29 is 14.3 Å². The topological polar surface area (TPSA) is 43.4 Å². The van der Waals surface area contributed by atoms with Crippen LogP contribution in [0, 0.1) is 0 Å². The molecule has 3 rings (SSSR count). The quantitative estimate of drug-likeness (QED) is 0.416. The lowest BCUT2D eigenvalue weighted by atomic mass is 9.71. The van der Waals surface area contributed by atoms with Gasteiger partial charge >= 0.3 is 11.9 Å². The summed E-state index contributed by atoms with van der Waals surface area (Å²) in [6.45, 7) is 2.06. The fraction of sp³-hybridized carbons (Fsp3) is 0.0769. The van der Waals surface area contributed by atoms with E-state index < -0.39 is 11.9 Å². The van der Waals surface area contributed by atoms with Crippen LogP contribution in [0.5, 0.6) is 0 Å². The van der Waals surface area contributed by atoms with Crippen molar-refractivity contribution in [3.63, 3.8) is 0 Å². The monoisotopic (exact) mass is 224 g/mol. The fourth-order valence-electron chi connectivity index (χ4n) is 2.23. The highest BCUT2D eigenvalue weighted by molar-refractivity contribution is 6.55. The minimum Gasteiger partial charge on any atom is -0.386 e. The fourth-order valence-corrected chi connectivity index (χ4v) is 2.23. The van der Waals surface area contributed by atoms with Crippen molar-refractivity contribution >= 4 is 35.5 Å². The molecule has 0 unspecified atom stereocenters. The van der Waals surface area contributed by atoms with Crippen molar-refractivity contribution in [2.24, 2.45) is 0 Å². The maximum absolute atomic E-state index is 11.5. The molecule has 0 N–H and O–H groups in total. The first-order valence-corrected chi connectivity index (χ1v) is 5.53. The number of esters is 2. The zero-order valence-electron chi connectivity index (χ0n) is 9.32. The van der Waals surface area contributed by atoms with Crippen molar-refractivity contribution in [1.82, 2.24) is 0 Å². The number of hydrogen-bond donors (Lipinski definition) is 0. The SMILES string of the molecule is CBc1cccc2cc3c(cc12)C(=O)OC3=O. The lowest BCUT2D eigenvalue weighted by Gasteiger charge is -2.04. The third kappa shape index (κ3) is 1.37. The Balaban J connectivity index is 2.39. The van der Waals surface area contributed by atoms with Gasteiger partial charge in [-0.2, -0.15) is 0 Å². The average Bonchev–Trinajstić information content (AvgIpc) is 2.62. The number of fused-ring (bicyclic) bond motifs is 2. The van der Waals surface area contributed by atoms with Crippen LogP contribution in [0.15, 0.2) is 30.3 Å². The molecule has 82 valence electrons. The van der Waals surface area contributed by atoms with E-state index in [0.717, 1.165) is 23.5 Å². The molecule has 2 aromatic carbocycles. The van der Waals surface area contributed by atoms with E-state index in [1.807, 2.05) is 18.2 Å². The van der Waals surface area contributed by atoms with Gasteiger partial charge in [0.2, 0.25) is 0 Å². The predicted molar refractivity (Wildman–Crippen MR) is 66.3 cm³/mol. The number of benzene rings is 2. The molecule has 1 heterocycles. The maximum atomic E-state index is 11.5. The second-order valence-electron chi connectivity index (χ2n) is 4.07. The summed E-state index contributed by atoms with van der Waals surface area (Å²) in [4.78, 5) is 22.9. The first-order valence-electron chi connectivity index (χ1n) is 5.53. The van der Waals surface area contributed by atoms with Crippen LogP contribution < -0.4 is 5.46 Å². The van der Waals surface area contributed by atoms with Gasteiger partial charge in [-0.25, -0.2) is 9.59 Å². The van der Waals surface area contributed by atoms with Crippen LogP contribution in [-0.4, -0.2) is 19.2 Å². The van der Waals surface area contributed by atoms with Crippen molar-refractivity contribution in [2.75, 3.05) is 0 Å². The van der Waals surface area contributed by atoms with Crippen LogP contribution in [0.3, 0.4) is 0 Å². The Hall–Kier alpha value is -2.10. The minimum absolute atomic E-state index is 0.371. The Kier molecular flexibility index (Phi) is 2.05. The smallest absolute Gasteiger partial charge is 0.346 e. The molecule has 1 aliphatic heterocycles. The highest BCUT2D eigenvalue weighted by Crippen LogP contribution is 2.25. The average molecular weight is 224 g/mol. The number of carbonyl (C=O) groups excluding carboxylic acids is 2. The van der Waals surface area contributed by atoms with Gasteiger partial charge in [0.25, 0.3) is 0 Å². The van der Waals surface area contributed by atoms with Gasteiger partial charge in [0.1, 0.15) is 0 Å². The molecule has 0 radical (unpaired) electrons. The summed E-state index contributed by atoms with van der Waals surface area (Å²) in [5.74, 6) is -1.09. The molecule has 0 aliphatic carbocycles. The number of hydrogen-bond acceptors (Lipinski definition) is 3. The van der Waals surface area contributed by atoms with Gasteiger partial charge in [-0.1, -0.05) is 30.5 Å². The van der Waals surface area contributed by atoms with E-state index in [4.69, 9.17) is 0 Å². The molecule has 4 heteroatoms. The first kappa shape index (κ1) is 10.1. The summed E-state index contributed by atoms with van der Waals surface area (Å²) in [6.07, 6.45) is 0. The molecule has 0 bridgehead atoms. The normalized spacial score (nSPS) is 13.7. The Morgan fingerprint density at radius 3 is 2.47 bits per heavy atom. The molecule has 0 atom stereocenters. The Morgan fingerprint density at radius 2 is 1.76 bits per heavy atom. The lowest BCUT2D eigenvalue weighted by Crippen LogP contribution is -2.11. The molecule has 0 spiro atoms. The van der Waals surface area contributed by atoms with Crippen molar-refractivity contribution in [3.8, 4) is 0 Å². The van der Waals surface area contributed by atoms with Crippen LogP contribution in [0.25, 0.3) is 10.8 Å². The molecule has 2 aromatic rings. The molecule has 1 aliphatic rings. The molecule has 0 saturated heterocycles. The van der Waals surface area contributed by atoms with E-state index in [1.54, 1.807) is 12.1 Å². The van der Waals surface area contributed by atoms with Crippen LogP contribution in [-0.2, 0) is 4.74 Å². The van der Waals surface area contributed by atoms with E-state index in [-0.39, 0.29) is 0 Å². The number of cyclic esters (lactones) is 2. The molecule has 17 heavy (non-hydrogen) atoms. The summed E-state index contributed by atoms with van der Waals surface area (Å²) in [6, 6.07) is 9.41. The molecule has 0 aromatic heterocycles. The van der Waals surface area contributed by atoms with E-state index in [0.29, 0.717) is 11.1 Å². The van der Waals surface area contributed by atoms with Crippen molar-refractivity contribution in [2.45, 2.75) is 6.82 Å². The highest BCUT2D eigenvalue weighted by Gasteiger charge is 2.30. The third-order valence-electron chi connectivity index (χ3n) is 3.11. The second kappa shape index (κ2) is 3.45. The Morgan fingerprint density at radius 1 is 1.06 bits per heavy atom. The van der Waals surface area contributed by atoms with E-state index >= 15 is 0 Å². The third-order valence-corrected chi connectivity index (χ3v) is 3.11. The first-order chi connectivity index (χ1) is 8.20. The standard InChI is InChI=1S/C13H9BO3/c1-14-11-4-2-3-7-5-9-10(6-8(7)11)13(16)17-12(9)15/h2-6,14H,1H3.